The summed E-state index contributed by atoms with van der Waals surface area (Å²) in [4.78, 5) is 7.88. The van der Waals surface area contributed by atoms with Crippen molar-refractivity contribution in [1.29, 1.82) is 0 Å². The molecule has 0 unspecified atom stereocenters. The Morgan fingerprint density at radius 1 is 1.30 bits per heavy atom. The summed E-state index contributed by atoms with van der Waals surface area (Å²) in [5, 5.41) is 0. The fourth-order valence-corrected chi connectivity index (χ4v) is 5.85. The van der Waals surface area contributed by atoms with Gasteiger partial charge in [0.2, 0.25) is 0 Å². The fourth-order valence-electron chi connectivity index (χ4n) is 5.85. The molecule has 104 valence electrons. The van der Waals surface area contributed by atoms with Crippen molar-refractivity contribution in [3.05, 3.63) is 29.8 Å². The first-order valence-corrected chi connectivity index (χ1v) is 8.26. The van der Waals surface area contributed by atoms with Gasteiger partial charge < -0.3 is 0 Å². The van der Waals surface area contributed by atoms with E-state index in [1.807, 2.05) is 0 Å². The molecule has 4 aliphatic rings. The van der Waals surface area contributed by atoms with Crippen molar-refractivity contribution in [2.45, 2.75) is 44.1 Å². The normalized spacial score (nSPS) is 41.2. The van der Waals surface area contributed by atoms with Crippen molar-refractivity contribution in [3.63, 3.8) is 0 Å². The summed E-state index contributed by atoms with van der Waals surface area (Å²) in [6, 6.07) is 9.68. The van der Waals surface area contributed by atoms with Crippen LogP contribution in [0.1, 0.15) is 38.2 Å². The molecule has 20 heavy (non-hydrogen) atoms. The molecule has 3 aliphatic heterocycles. The third kappa shape index (κ3) is 1.14. The summed E-state index contributed by atoms with van der Waals surface area (Å²) >= 11 is 0. The second-order valence-corrected chi connectivity index (χ2v) is 7.10. The Hall–Kier alpha value is -1.15. The summed E-state index contributed by atoms with van der Waals surface area (Å²) in [5.41, 5.74) is 4.63. The molecule has 1 aromatic rings. The minimum absolute atomic E-state index is 0.286. The van der Waals surface area contributed by atoms with E-state index in [1.54, 1.807) is 5.56 Å². The molecule has 0 aromatic heterocycles. The lowest BCUT2D eigenvalue weighted by Gasteiger charge is -2.53. The van der Waals surface area contributed by atoms with Gasteiger partial charge in [0, 0.05) is 11.8 Å². The number of hydrogen-bond donors (Lipinski definition) is 0. The first kappa shape index (κ1) is 11.5. The van der Waals surface area contributed by atoms with Crippen molar-refractivity contribution in [1.82, 2.24) is 4.90 Å². The van der Waals surface area contributed by atoms with E-state index in [-0.39, 0.29) is 5.41 Å². The molecule has 0 N–H and O–H groups in total. The fraction of sp³-hybridized carbons (Fsp3) is 0.611. The first-order chi connectivity index (χ1) is 9.84. The van der Waals surface area contributed by atoms with Crippen LogP contribution in [0.25, 0.3) is 0 Å². The average Bonchev–Trinajstić information content (AvgIpc) is 3.03. The van der Waals surface area contributed by atoms with Gasteiger partial charge in [0.25, 0.3) is 0 Å². The van der Waals surface area contributed by atoms with Gasteiger partial charge in [-0.05, 0) is 55.8 Å². The summed E-state index contributed by atoms with van der Waals surface area (Å²) < 4.78 is 0. The molecule has 2 heteroatoms. The Balaban J connectivity index is 1.75. The van der Waals surface area contributed by atoms with Crippen LogP contribution in [0.15, 0.2) is 29.3 Å². The van der Waals surface area contributed by atoms with Crippen molar-refractivity contribution < 1.29 is 0 Å². The molecule has 1 saturated carbocycles. The lowest BCUT2D eigenvalue weighted by atomic mass is 9.56. The second kappa shape index (κ2) is 3.73. The van der Waals surface area contributed by atoms with Crippen LogP contribution in [0.5, 0.6) is 0 Å². The molecule has 2 bridgehead atoms. The highest BCUT2D eigenvalue weighted by atomic mass is 15.2. The van der Waals surface area contributed by atoms with Gasteiger partial charge in [-0.15, -0.1) is 0 Å². The number of piperidine rings is 1. The van der Waals surface area contributed by atoms with Crippen LogP contribution in [0.2, 0.25) is 0 Å². The Bertz CT molecular complexity index is 605. The molecule has 5 rings (SSSR count). The highest BCUT2D eigenvalue weighted by molar-refractivity contribution is 6.04. The van der Waals surface area contributed by atoms with Crippen LogP contribution in [0.4, 0.5) is 5.69 Å². The minimum Gasteiger partial charge on any atom is -0.299 e. The van der Waals surface area contributed by atoms with Gasteiger partial charge in [-0.2, -0.15) is 0 Å². The largest absolute Gasteiger partial charge is 0.299 e. The monoisotopic (exact) mass is 266 g/mol. The topological polar surface area (TPSA) is 15.6 Å². The molecule has 2 saturated heterocycles. The summed E-state index contributed by atoms with van der Waals surface area (Å²) in [5.74, 6) is 1.77. The Morgan fingerprint density at radius 3 is 3.10 bits per heavy atom. The number of para-hydroxylation sites is 1. The van der Waals surface area contributed by atoms with Gasteiger partial charge in [0.05, 0.1) is 11.1 Å². The maximum absolute atomic E-state index is 5.08. The van der Waals surface area contributed by atoms with Crippen LogP contribution in [-0.2, 0) is 5.41 Å². The number of aliphatic imine (C=N–C) groups is 1. The van der Waals surface area contributed by atoms with Gasteiger partial charge in [-0.25, -0.2) is 0 Å². The third-order valence-electron chi connectivity index (χ3n) is 6.57. The van der Waals surface area contributed by atoms with E-state index in [2.05, 4.69) is 36.1 Å². The van der Waals surface area contributed by atoms with Gasteiger partial charge in [0.1, 0.15) is 0 Å². The van der Waals surface area contributed by atoms with E-state index in [9.17, 15) is 0 Å². The van der Waals surface area contributed by atoms with Crippen LogP contribution >= 0.6 is 0 Å². The van der Waals surface area contributed by atoms with E-state index >= 15 is 0 Å². The highest BCUT2D eigenvalue weighted by Gasteiger charge is 2.62. The summed E-state index contributed by atoms with van der Waals surface area (Å²) in [7, 11) is 0. The molecule has 1 aromatic carbocycles. The van der Waals surface area contributed by atoms with Crippen LogP contribution < -0.4 is 0 Å². The van der Waals surface area contributed by atoms with Crippen molar-refractivity contribution in [3.8, 4) is 0 Å². The van der Waals surface area contributed by atoms with Gasteiger partial charge in [-0.1, -0.05) is 31.5 Å². The quantitative estimate of drug-likeness (QED) is 0.759. The van der Waals surface area contributed by atoms with Crippen LogP contribution in [0, 0.1) is 11.8 Å². The highest BCUT2D eigenvalue weighted by Crippen LogP contribution is 2.59. The molecule has 1 aliphatic carbocycles. The van der Waals surface area contributed by atoms with E-state index in [0.717, 1.165) is 17.9 Å². The smallest absolute Gasteiger partial charge is 0.0671 e. The van der Waals surface area contributed by atoms with E-state index in [0.29, 0.717) is 0 Å². The molecule has 3 heterocycles. The number of fused-ring (bicyclic) bond motifs is 2. The molecule has 3 fully saturated rings. The van der Waals surface area contributed by atoms with E-state index in [4.69, 9.17) is 4.99 Å². The Morgan fingerprint density at radius 2 is 2.20 bits per heavy atom. The van der Waals surface area contributed by atoms with Gasteiger partial charge in [-0.3, -0.25) is 9.89 Å². The predicted molar refractivity (Wildman–Crippen MR) is 81.7 cm³/mol. The first-order valence-electron chi connectivity index (χ1n) is 8.26. The maximum Gasteiger partial charge on any atom is 0.0671 e. The van der Waals surface area contributed by atoms with Crippen molar-refractivity contribution >= 4 is 11.4 Å². The Kier molecular flexibility index (Phi) is 2.15. The molecule has 0 radical (unpaired) electrons. The van der Waals surface area contributed by atoms with Crippen LogP contribution in [0.3, 0.4) is 0 Å². The summed E-state index contributed by atoms with van der Waals surface area (Å²) in [6.07, 6.45) is 5.29. The maximum atomic E-state index is 5.08. The number of rotatable bonds is 1. The molecule has 4 atom stereocenters. The number of hydrogen-bond acceptors (Lipinski definition) is 2. The Labute approximate surface area is 120 Å². The minimum atomic E-state index is 0.286. The standard InChI is InChI=1S/C18H22N2/c1-2-13-12-7-9-20-10-8-18(17(13)20)14-5-3-4-6-15(14)19-16(18)11-12/h3-6,12-13,17H,2,7-11H2,1H3/t12-,13-,17-,18-/m1/s1. The summed E-state index contributed by atoms with van der Waals surface area (Å²) in [6.45, 7) is 5.00. The second-order valence-electron chi connectivity index (χ2n) is 7.10. The zero-order valence-corrected chi connectivity index (χ0v) is 12.2. The zero-order valence-electron chi connectivity index (χ0n) is 12.2. The van der Waals surface area contributed by atoms with E-state index < -0.39 is 0 Å². The molecule has 0 amide bonds. The van der Waals surface area contributed by atoms with Gasteiger partial charge in [0.15, 0.2) is 0 Å². The average molecular weight is 266 g/mol. The van der Waals surface area contributed by atoms with Crippen molar-refractivity contribution in [2.24, 2.45) is 16.8 Å². The third-order valence-corrected chi connectivity index (χ3v) is 6.57. The molecule has 1 spiro atoms. The molecular weight excluding hydrogens is 244 g/mol. The lowest BCUT2D eigenvalue weighted by molar-refractivity contribution is 0.0483. The van der Waals surface area contributed by atoms with Gasteiger partial charge >= 0.3 is 0 Å². The molecular formula is C18H22N2. The lowest BCUT2D eigenvalue weighted by Crippen LogP contribution is -2.59. The van der Waals surface area contributed by atoms with Crippen LogP contribution in [-0.4, -0.2) is 29.7 Å². The number of benzene rings is 1. The number of nitrogens with zero attached hydrogens (tertiary/aromatic N) is 2. The molecule has 2 nitrogen and oxygen atoms in total. The zero-order chi connectivity index (χ0) is 13.3. The van der Waals surface area contributed by atoms with E-state index in [1.165, 1.54) is 50.2 Å². The van der Waals surface area contributed by atoms with Crippen molar-refractivity contribution in [2.75, 3.05) is 13.1 Å². The predicted octanol–water partition coefficient (Wildman–Crippen LogP) is 3.53. The SMILES string of the molecule is CC[C@@H]1[C@@H]2CCN3CC[C@@]4(C(=Nc5ccccc54)C2)[C@@H]13.